The molecule has 3 nitrogen and oxygen atoms in total. The average molecular weight is 310 g/mol. The highest BCUT2D eigenvalue weighted by molar-refractivity contribution is 6.62. The summed E-state index contributed by atoms with van der Waals surface area (Å²) in [5.41, 5.74) is 1.49. The Labute approximate surface area is 133 Å². The Morgan fingerprint density at radius 3 is 2.14 bits per heavy atom. The van der Waals surface area contributed by atoms with Gasteiger partial charge in [-0.2, -0.15) is 0 Å². The summed E-state index contributed by atoms with van der Waals surface area (Å²) in [6.45, 7) is 9.20. The van der Waals surface area contributed by atoms with Crippen LogP contribution in [0.25, 0.3) is 0 Å². The minimum atomic E-state index is -0.351. The summed E-state index contributed by atoms with van der Waals surface area (Å²) in [6, 6.07) is 6.10. The predicted octanol–water partition coefficient (Wildman–Crippen LogP) is 2.74. The van der Waals surface area contributed by atoms with Gasteiger partial charge < -0.3 is 14.2 Å². The number of nitrogens with zero attached hydrogens (tertiary/aromatic N) is 1. The second-order valence-electron chi connectivity index (χ2n) is 6.99. The van der Waals surface area contributed by atoms with E-state index in [-0.39, 0.29) is 18.3 Å². The number of likely N-dealkylation sites (N-methyl/N-ethyl adjacent to an activating group) is 1. The van der Waals surface area contributed by atoms with Crippen molar-refractivity contribution in [3.8, 4) is 0 Å². The molecule has 1 heterocycles. The second kappa shape index (κ2) is 5.92. The van der Waals surface area contributed by atoms with Gasteiger partial charge in [-0.25, -0.2) is 0 Å². The lowest BCUT2D eigenvalue weighted by Crippen LogP contribution is -2.41. The van der Waals surface area contributed by atoms with Crippen LogP contribution in [0.2, 0.25) is 5.02 Å². The molecule has 0 spiro atoms. The van der Waals surface area contributed by atoms with Crippen molar-refractivity contribution >= 4 is 24.2 Å². The summed E-state index contributed by atoms with van der Waals surface area (Å²) in [7, 11) is 3.77. The first-order valence-electron chi connectivity index (χ1n) is 7.41. The van der Waals surface area contributed by atoms with Gasteiger partial charge in [0.1, 0.15) is 0 Å². The maximum absolute atomic E-state index is 6.40. The summed E-state index contributed by atoms with van der Waals surface area (Å²) in [5, 5.41) is 0.782. The zero-order valence-corrected chi connectivity index (χ0v) is 14.6. The van der Waals surface area contributed by atoms with Crippen LogP contribution in [0, 0.1) is 0 Å². The molecule has 0 aromatic heterocycles. The molecular formula is C16H25BClNO2. The highest BCUT2D eigenvalue weighted by atomic mass is 35.5. The molecule has 1 aliphatic heterocycles. The minimum Gasteiger partial charge on any atom is -0.399 e. The van der Waals surface area contributed by atoms with Gasteiger partial charge in [-0.15, -0.1) is 0 Å². The van der Waals surface area contributed by atoms with Gasteiger partial charge in [0.2, 0.25) is 0 Å². The lowest BCUT2D eigenvalue weighted by atomic mass is 9.78. The highest BCUT2D eigenvalue weighted by Gasteiger charge is 2.51. The molecular weight excluding hydrogens is 284 g/mol. The van der Waals surface area contributed by atoms with E-state index >= 15 is 0 Å². The van der Waals surface area contributed by atoms with Gasteiger partial charge in [-0.3, -0.25) is 0 Å². The average Bonchev–Trinajstić information content (AvgIpc) is 2.56. The zero-order chi connectivity index (χ0) is 15.8. The smallest absolute Gasteiger partial charge is 0.399 e. The molecule has 1 aliphatic rings. The standard InChI is InChI=1S/C16H25BClNO2/c1-15(2)16(3,4)21-17(20-15)13-8-7-12(14(18)11-13)9-10-19(5)6/h7-8,11H,9-10H2,1-6H3. The molecule has 0 atom stereocenters. The number of rotatable bonds is 4. The van der Waals surface area contributed by atoms with Crippen LogP contribution in [0.15, 0.2) is 18.2 Å². The van der Waals surface area contributed by atoms with Crippen molar-refractivity contribution < 1.29 is 9.31 Å². The van der Waals surface area contributed by atoms with E-state index in [1.165, 1.54) is 0 Å². The maximum Gasteiger partial charge on any atom is 0.494 e. The first-order valence-corrected chi connectivity index (χ1v) is 7.79. The first-order chi connectivity index (χ1) is 9.62. The fourth-order valence-electron chi connectivity index (χ4n) is 2.24. The molecule has 1 aromatic rings. The van der Waals surface area contributed by atoms with Gasteiger partial charge in [0, 0.05) is 11.6 Å². The van der Waals surface area contributed by atoms with Gasteiger partial charge >= 0.3 is 7.12 Å². The molecule has 0 bridgehead atoms. The van der Waals surface area contributed by atoms with Crippen LogP contribution < -0.4 is 5.46 Å². The lowest BCUT2D eigenvalue weighted by Gasteiger charge is -2.32. The lowest BCUT2D eigenvalue weighted by molar-refractivity contribution is 0.00578. The van der Waals surface area contributed by atoms with Crippen LogP contribution in [0.4, 0.5) is 0 Å². The van der Waals surface area contributed by atoms with Gasteiger partial charge in [0.25, 0.3) is 0 Å². The van der Waals surface area contributed by atoms with Crippen molar-refractivity contribution in [2.75, 3.05) is 20.6 Å². The van der Waals surface area contributed by atoms with Gasteiger partial charge in [0.05, 0.1) is 11.2 Å². The summed E-state index contributed by atoms with van der Waals surface area (Å²) in [5.74, 6) is 0. The fraction of sp³-hybridized carbons (Fsp3) is 0.625. The molecule has 0 aliphatic carbocycles. The molecule has 1 fully saturated rings. The molecule has 1 aromatic carbocycles. The Balaban J connectivity index is 2.14. The Morgan fingerprint density at radius 1 is 1.10 bits per heavy atom. The van der Waals surface area contributed by atoms with Gasteiger partial charge in [0.15, 0.2) is 0 Å². The number of hydrogen-bond donors (Lipinski definition) is 0. The molecule has 1 saturated heterocycles. The molecule has 116 valence electrons. The topological polar surface area (TPSA) is 21.7 Å². The van der Waals surface area contributed by atoms with Gasteiger partial charge in [-0.1, -0.05) is 23.7 Å². The summed E-state index contributed by atoms with van der Waals surface area (Å²) in [4.78, 5) is 2.15. The van der Waals surface area contributed by atoms with E-state index in [0.29, 0.717) is 0 Å². The minimum absolute atomic E-state index is 0.326. The SMILES string of the molecule is CN(C)CCc1ccc(B2OC(C)(C)C(C)(C)O2)cc1Cl. The Bertz CT molecular complexity index is 501. The quantitative estimate of drug-likeness (QED) is 0.798. The largest absolute Gasteiger partial charge is 0.494 e. The monoisotopic (exact) mass is 309 g/mol. The van der Waals surface area contributed by atoms with E-state index in [9.17, 15) is 0 Å². The van der Waals surface area contributed by atoms with Crippen LogP contribution in [0.1, 0.15) is 33.3 Å². The third-order valence-corrected chi connectivity index (χ3v) is 4.78. The van der Waals surface area contributed by atoms with E-state index in [2.05, 4.69) is 58.8 Å². The normalized spacial score (nSPS) is 20.3. The number of benzene rings is 1. The Kier molecular flexibility index (Phi) is 4.74. The van der Waals surface area contributed by atoms with Crippen molar-refractivity contribution in [1.29, 1.82) is 0 Å². The van der Waals surface area contributed by atoms with Crippen molar-refractivity contribution in [1.82, 2.24) is 4.90 Å². The van der Waals surface area contributed by atoms with E-state index in [1.807, 2.05) is 6.07 Å². The molecule has 0 unspecified atom stereocenters. The maximum atomic E-state index is 6.40. The van der Waals surface area contributed by atoms with Crippen molar-refractivity contribution in [3.63, 3.8) is 0 Å². The van der Waals surface area contributed by atoms with E-state index in [1.54, 1.807) is 0 Å². The van der Waals surface area contributed by atoms with Crippen LogP contribution in [-0.4, -0.2) is 43.9 Å². The van der Waals surface area contributed by atoms with Crippen LogP contribution in [0.3, 0.4) is 0 Å². The third-order valence-electron chi connectivity index (χ3n) is 4.43. The Hall–Kier alpha value is -0.545. The predicted molar refractivity (Wildman–Crippen MR) is 89.4 cm³/mol. The summed E-state index contributed by atoms with van der Waals surface area (Å²) >= 11 is 6.40. The number of hydrogen-bond acceptors (Lipinski definition) is 3. The van der Waals surface area contributed by atoms with Crippen molar-refractivity contribution in [2.24, 2.45) is 0 Å². The molecule has 0 amide bonds. The van der Waals surface area contributed by atoms with Crippen molar-refractivity contribution in [3.05, 3.63) is 28.8 Å². The molecule has 5 heteroatoms. The zero-order valence-electron chi connectivity index (χ0n) is 13.9. The van der Waals surface area contributed by atoms with Crippen LogP contribution in [0.5, 0.6) is 0 Å². The molecule has 21 heavy (non-hydrogen) atoms. The summed E-state index contributed by atoms with van der Waals surface area (Å²) < 4.78 is 12.1. The highest BCUT2D eigenvalue weighted by Crippen LogP contribution is 2.36. The van der Waals surface area contributed by atoms with Gasteiger partial charge in [-0.05, 0) is 65.3 Å². The molecule has 0 saturated carbocycles. The summed E-state index contributed by atoms with van der Waals surface area (Å²) in [6.07, 6.45) is 0.940. The van der Waals surface area contributed by atoms with E-state index in [4.69, 9.17) is 20.9 Å². The van der Waals surface area contributed by atoms with E-state index < -0.39 is 0 Å². The molecule has 2 rings (SSSR count). The first kappa shape index (κ1) is 16.8. The van der Waals surface area contributed by atoms with Crippen LogP contribution >= 0.6 is 11.6 Å². The van der Waals surface area contributed by atoms with E-state index in [0.717, 1.165) is 29.0 Å². The number of halogens is 1. The van der Waals surface area contributed by atoms with Crippen LogP contribution in [-0.2, 0) is 15.7 Å². The third kappa shape index (κ3) is 3.62. The molecule has 0 radical (unpaired) electrons. The molecule has 0 N–H and O–H groups in total. The fourth-order valence-corrected chi connectivity index (χ4v) is 2.52. The second-order valence-corrected chi connectivity index (χ2v) is 7.40. The van der Waals surface area contributed by atoms with Crippen molar-refractivity contribution in [2.45, 2.75) is 45.3 Å². The Morgan fingerprint density at radius 2 is 1.67 bits per heavy atom.